The number of hydrogen-bond donors (Lipinski definition) is 6. The summed E-state index contributed by atoms with van der Waals surface area (Å²) in [6, 6.07) is 9.73. The molecule has 0 radical (unpaired) electrons. The molecule has 3 aromatic rings. The Morgan fingerprint density at radius 2 is 1.95 bits per heavy atom. The molecule has 0 aliphatic carbocycles. The maximum absolute atomic E-state index is 12.8. The quantitative estimate of drug-likeness (QED) is 0.128. The lowest BCUT2D eigenvalue weighted by Gasteiger charge is -2.19. The minimum absolute atomic E-state index is 0.177. The van der Waals surface area contributed by atoms with Gasteiger partial charge in [0.1, 0.15) is 18.3 Å². The van der Waals surface area contributed by atoms with E-state index < -0.39 is 52.4 Å². The molecule has 4 rings (SSSR count). The number of aromatic amines is 1. The van der Waals surface area contributed by atoms with E-state index in [4.69, 9.17) is 19.3 Å². The van der Waals surface area contributed by atoms with Crippen molar-refractivity contribution in [2.24, 2.45) is 7.05 Å². The van der Waals surface area contributed by atoms with Gasteiger partial charge in [0.05, 0.1) is 13.7 Å². The summed E-state index contributed by atoms with van der Waals surface area (Å²) in [7, 11) is -7.60. The van der Waals surface area contributed by atoms with E-state index in [9.17, 15) is 23.9 Å². The predicted octanol–water partition coefficient (Wildman–Crippen LogP) is -0.297. The summed E-state index contributed by atoms with van der Waals surface area (Å²) >= 11 is 0. The van der Waals surface area contributed by atoms with Crippen LogP contribution in [0.5, 0.6) is 0 Å². The molecule has 1 aliphatic rings. The summed E-state index contributed by atoms with van der Waals surface area (Å²) in [6.07, 6.45) is -2.58. The van der Waals surface area contributed by atoms with Gasteiger partial charge in [0, 0.05) is 13.7 Å². The third-order valence-electron chi connectivity index (χ3n) is 5.79. The van der Waals surface area contributed by atoms with Crippen LogP contribution in [0.3, 0.4) is 0 Å². The van der Waals surface area contributed by atoms with Gasteiger partial charge in [0.15, 0.2) is 6.33 Å². The number of benzene rings is 1. The van der Waals surface area contributed by atoms with E-state index >= 15 is 0 Å². The van der Waals surface area contributed by atoms with Crippen LogP contribution in [0.4, 0.5) is 5.95 Å². The maximum Gasteiger partial charge on any atom is 0.481 e. The minimum atomic E-state index is -5.32. The lowest BCUT2D eigenvalue weighted by molar-refractivity contribution is -0.745. The second kappa shape index (κ2) is 11.3. The van der Waals surface area contributed by atoms with Crippen molar-refractivity contribution in [3.05, 3.63) is 52.6 Å². The van der Waals surface area contributed by atoms with E-state index in [0.29, 0.717) is 13.0 Å². The zero-order chi connectivity index (χ0) is 27.7. The number of aryl methyl sites for hydroxylation is 1. The van der Waals surface area contributed by atoms with Crippen LogP contribution in [-0.2, 0) is 40.9 Å². The number of aliphatic hydroxyl groups excluding tert-OH is 1. The molecule has 18 heteroatoms. The monoisotopic (exact) mass is 576 g/mol. The second-order valence-electron chi connectivity index (χ2n) is 8.48. The Morgan fingerprint density at radius 1 is 1.24 bits per heavy atom. The van der Waals surface area contributed by atoms with Crippen molar-refractivity contribution in [2.45, 2.75) is 31.0 Å². The highest BCUT2D eigenvalue weighted by atomic mass is 31.3. The molecule has 16 nitrogen and oxygen atoms in total. The topological polar surface area (TPSA) is 219 Å². The first-order valence-electron chi connectivity index (χ1n) is 11.3. The molecular formula is C20H28N5O11P2+. The number of phosphoric acid groups is 2. The average Bonchev–Trinajstić information content (AvgIpc) is 3.33. The van der Waals surface area contributed by atoms with E-state index in [1.165, 1.54) is 22.6 Å². The van der Waals surface area contributed by atoms with Crippen LogP contribution in [0.1, 0.15) is 11.8 Å². The number of rotatable bonds is 11. The summed E-state index contributed by atoms with van der Waals surface area (Å²) in [5.74, 6) is 0.199. The molecule has 2 aromatic heterocycles. The van der Waals surface area contributed by atoms with Gasteiger partial charge < -0.3 is 34.6 Å². The van der Waals surface area contributed by atoms with Gasteiger partial charge in [-0.15, -0.1) is 0 Å². The number of anilines is 1. The Balaban J connectivity index is 1.55. The van der Waals surface area contributed by atoms with Crippen molar-refractivity contribution in [3.63, 3.8) is 0 Å². The number of phosphoric ester groups is 1. The number of nitrogens with zero attached hydrogens (tertiary/aromatic N) is 3. The average molecular weight is 576 g/mol. The first-order chi connectivity index (χ1) is 17.9. The Bertz CT molecular complexity index is 1430. The SMILES string of the molecule is COC1C(O)C([n+]2cn(C)c3c(=O)[nH]c(NCCc4ccccc4)nc32)O[C@@H]1COP(=O)(O)OP(=O)(O)O. The number of H-pyrrole nitrogens is 1. The van der Waals surface area contributed by atoms with Gasteiger partial charge in [0.25, 0.3) is 11.5 Å². The van der Waals surface area contributed by atoms with Gasteiger partial charge in [-0.3, -0.25) is 18.9 Å². The van der Waals surface area contributed by atoms with Gasteiger partial charge in [-0.2, -0.15) is 4.31 Å². The van der Waals surface area contributed by atoms with Gasteiger partial charge in [-0.25, -0.2) is 13.7 Å². The molecule has 5 atom stereocenters. The van der Waals surface area contributed by atoms with E-state index in [-0.39, 0.29) is 17.1 Å². The number of aromatic nitrogens is 4. The molecule has 1 aromatic carbocycles. The van der Waals surface area contributed by atoms with Crippen molar-refractivity contribution < 1.29 is 51.8 Å². The molecule has 1 saturated heterocycles. The molecule has 3 heterocycles. The fourth-order valence-electron chi connectivity index (χ4n) is 4.19. The molecule has 208 valence electrons. The van der Waals surface area contributed by atoms with Crippen LogP contribution in [0.25, 0.3) is 11.2 Å². The highest BCUT2D eigenvalue weighted by molar-refractivity contribution is 7.60. The zero-order valence-corrected chi connectivity index (χ0v) is 22.1. The Labute approximate surface area is 215 Å². The maximum atomic E-state index is 12.8. The van der Waals surface area contributed by atoms with Crippen molar-refractivity contribution in [1.82, 2.24) is 14.5 Å². The van der Waals surface area contributed by atoms with Crippen molar-refractivity contribution in [1.29, 1.82) is 0 Å². The van der Waals surface area contributed by atoms with Gasteiger partial charge in [-0.05, 0) is 12.0 Å². The van der Waals surface area contributed by atoms with E-state index in [1.807, 2.05) is 30.3 Å². The van der Waals surface area contributed by atoms with Crippen LogP contribution < -0.4 is 15.4 Å². The highest BCUT2D eigenvalue weighted by Gasteiger charge is 2.49. The highest BCUT2D eigenvalue weighted by Crippen LogP contribution is 2.57. The molecule has 1 aliphatic heterocycles. The Kier molecular flexibility index (Phi) is 8.49. The summed E-state index contributed by atoms with van der Waals surface area (Å²) < 4.78 is 45.2. The van der Waals surface area contributed by atoms with Gasteiger partial charge in [-0.1, -0.05) is 35.3 Å². The van der Waals surface area contributed by atoms with Crippen LogP contribution in [0.15, 0.2) is 41.5 Å². The van der Waals surface area contributed by atoms with Gasteiger partial charge >= 0.3 is 21.3 Å². The van der Waals surface area contributed by atoms with Crippen molar-refractivity contribution in [3.8, 4) is 0 Å². The van der Waals surface area contributed by atoms with Crippen molar-refractivity contribution >= 4 is 32.8 Å². The smallest absolute Gasteiger partial charge is 0.384 e. The van der Waals surface area contributed by atoms with E-state index in [2.05, 4.69) is 24.1 Å². The third kappa shape index (κ3) is 6.55. The molecule has 4 unspecified atom stereocenters. The lowest BCUT2D eigenvalue weighted by atomic mass is 10.1. The first kappa shape index (κ1) is 28.5. The molecular weight excluding hydrogens is 548 g/mol. The number of nitrogens with one attached hydrogen (secondary N) is 2. The summed E-state index contributed by atoms with van der Waals surface area (Å²) in [5, 5.41) is 14.0. The second-order valence-corrected chi connectivity index (χ2v) is 11.3. The van der Waals surface area contributed by atoms with E-state index in [1.54, 1.807) is 7.05 Å². The molecule has 0 spiro atoms. The summed E-state index contributed by atoms with van der Waals surface area (Å²) in [6.45, 7) is -0.234. The molecule has 1 fully saturated rings. The molecule has 38 heavy (non-hydrogen) atoms. The first-order valence-corrected chi connectivity index (χ1v) is 14.3. The fourth-order valence-corrected chi connectivity index (χ4v) is 5.79. The standard InChI is InChI=1S/C20H27N5O11P2/c1-24-11-25(17-14(24)18(27)23-20(22-17)21-9-8-12-6-4-3-5-7-12)19-15(26)16(33-2)13(35-19)10-34-38(31,32)36-37(28,29)30/h3-7,11,13,15-16,19,26H,8-10H2,1-2H3,(H4-,21,22,23,27,28,29,30,31,32)/p+1/t13-,15?,16?,19?/m1/s1. The predicted molar refractivity (Wildman–Crippen MR) is 130 cm³/mol. The number of ether oxygens (including phenoxy) is 2. The lowest BCUT2D eigenvalue weighted by Crippen LogP contribution is -2.46. The number of imidazole rings is 1. The molecule has 6 N–H and O–H groups in total. The van der Waals surface area contributed by atoms with Crippen LogP contribution in [0.2, 0.25) is 0 Å². The largest absolute Gasteiger partial charge is 0.481 e. The van der Waals surface area contributed by atoms with Crippen LogP contribution >= 0.6 is 15.6 Å². The van der Waals surface area contributed by atoms with Crippen LogP contribution in [-0.4, -0.2) is 72.9 Å². The molecule has 0 saturated carbocycles. The minimum Gasteiger partial charge on any atom is -0.384 e. The zero-order valence-electron chi connectivity index (χ0n) is 20.3. The van der Waals surface area contributed by atoms with E-state index in [0.717, 1.165) is 5.56 Å². The van der Waals surface area contributed by atoms with Crippen molar-refractivity contribution in [2.75, 3.05) is 25.6 Å². The Hall–Kier alpha value is -2.49. The van der Waals surface area contributed by atoms with Crippen LogP contribution in [0, 0.1) is 0 Å². The number of hydrogen-bond acceptors (Lipinski definition) is 10. The fraction of sp³-hybridized carbons (Fsp3) is 0.450. The summed E-state index contributed by atoms with van der Waals surface area (Å²) in [4.78, 5) is 47.1. The molecule has 0 bridgehead atoms. The molecule has 0 amide bonds. The third-order valence-corrected chi connectivity index (χ3v) is 7.94. The van der Waals surface area contributed by atoms with Gasteiger partial charge in [0.2, 0.25) is 11.7 Å². The number of methoxy groups -OCH3 is 1. The number of fused-ring (bicyclic) bond motifs is 1. The Morgan fingerprint density at radius 3 is 2.61 bits per heavy atom. The number of aliphatic hydroxyl groups is 1. The normalized spacial score (nSPS) is 23.5. The summed E-state index contributed by atoms with van der Waals surface area (Å²) in [5.41, 5.74) is 1.03.